The summed E-state index contributed by atoms with van der Waals surface area (Å²) in [5, 5.41) is 1.78. The summed E-state index contributed by atoms with van der Waals surface area (Å²) < 4.78 is 10.4. The van der Waals surface area contributed by atoms with Gasteiger partial charge in [-0.25, -0.2) is 0 Å². The summed E-state index contributed by atoms with van der Waals surface area (Å²) in [5.41, 5.74) is 0. The zero-order valence-corrected chi connectivity index (χ0v) is 4.96. The Balaban J connectivity index is 2.96. The fraction of sp³-hybridized carbons (Fsp3) is 0. The number of aromatic nitrogens is 1. The summed E-state index contributed by atoms with van der Waals surface area (Å²) in [6.45, 7) is 0. The summed E-state index contributed by atoms with van der Waals surface area (Å²) >= 11 is 1.80. The van der Waals surface area contributed by atoms with Crippen LogP contribution in [0.15, 0.2) is 15.9 Å². The first-order valence-corrected chi connectivity index (χ1v) is 3.25. The van der Waals surface area contributed by atoms with Crippen LogP contribution in [0.25, 0.3) is 0 Å². The van der Waals surface area contributed by atoms with Crippen LogP contribution < -0.4 is 0 Å². The third-order valence-corrected chi connectivity index (χ3v) is 1.79. The molecular formula is C3H2NOS2+. The monoisotopic (exact) mass is 132 g/mol. The van der Waals surface area contributed by atoms with Crippen LogP contribution in [-0.2, 0) is 15.9 Å². The van der Waals surface area contributed by atoms with Gasteiger partial charge in [0.2, 0.25) is 0 Å². The molecule has 0 fully saturated rings. The quantitative estimate of drug-likeness (QED) is 0.532. The van der Waals surface area contributed by atoms with Crippen LogP contribution in [0.4, 0.5) is 0 Å². The highest BCUT2D eigenvalue weighted by Gasteiger charge is 2.05. The summed E-state index contributed by atoms with van der Waals surface area (Å²) in [4.78, 5) is 3.70. The predicted molar refractivity (Wildman–Crippen MR) is 28.4 cm³/mol. The van der Waals surface area contributed by atoms with Gasteiger partial charge in [0.15, 0.2) is 0 Å². The first-order valence-electron chi connectivity index (χ1n) is 1.63. The van der Waals surface area contributed by atoms with Crippen LogP contribution in [0, 0.1) is 0 Å². The first kappa shape index (κ1) is 4.80. The van der Waals surface area contributed by atoms with E-state index in [-0.39, 0.29) is 0 Å². The minimum Gasteiger partial charge on any atom is -0.187 e. The predicted octanol–water partition coefficient (Wildman–Crippen LogP) is 0.930. The highest BCUT2D eigenvalue weighted by molar-refractivity contribution is 7.68. The average Bonchev–Trinajstić information content (AvgIpc) is 2.14. The lowest BCUT2D eigenvalue weighted by atomic mass is 11.0. The Kier molecular flexibility index (Phi) is 1.43. The Morgan fingerprint density at radius 3 is 3.00 bits per heavy atom. The van der Waals surface area contributed by atoms with Crippen LogP contribution in [0.1, 0.15) is 0 Å². The maximum absolute atomic E-state index is 9.86. The lowest BCUT2D eigenvalue weighted by Gasteiger charge is -1.45. The highest BCUT2D eigenvalue weighted by atomic mass is 32.2. The fourth-order valence-corrected chi connectivity index (χ4v) is 1.04. The second-order valence-corrected chi connectivity index (χ2v) is 2.59. The Morgan fingerprint density at radius 1 is 1.86 bits per heavy atom. The van der Waals surface area contributed by atoms with Gasteiger partial charge in [0, 0.05) is 15.8 Å². The molecule has 36 valence electrons. The third kappa shape index (κ3) is 1.01. The summed E-state index contributed by atoms with van der Waals surface area (Å²) in [5.74, 6) is 0. The van der Waals surface area contributed by atoms with E-state index >= 15 is 0 Å². The van der Waals surface area contributed by atoms with E-state index in [1.54, 1.807) is 11.6 Å². The van der Waals surface area contributed by atoms with Crippen LogP contribution in [0.2, 0.25) is 0 Å². The Hall–Kier alpha value is -0.350. The Morgan fingerprint density at radius 2 is 2.71 bits per heavy atom. The molecule has 1 aromatic heterocycles. The molecule has 1 aromatic rings. The van der Waals surface area contributed by atoms with Crippen LogP contribution in [0.5, 0.6) is 0 Å². The van der Waals surface area contributed by atoms with Crippen LogP contribution >= 0.6 is 11.3 Å². The van der Waals surface area contributed by atoms with Crippen molar-refractivity contribution in [1.82, 2.24) is 4.98 Å². The molecule has 0 bridgehead atoms. The van der Waals surface area contributed by atoms with Gasteiger partial charge in [0.1, 0.15) is 0 Å². The van der Waals surface area contributed by atoms with Crippen molar-refractivity contribution in [2.45, 2.75) is 4.34 Å². The van der Waals surface area contributed by atoms with Gasteiger partial charge in [-0.3, -0.25) is 0 Å². The van der Waals surface area contributed by atoms with Crippen molar-refractivity contribution in [3.05, 3.63) is 11.6 Å². The second-order valence-electron chi connectivity index (χ2n) is 0.881. The lowest BCUT2D eigenvalue weighted by Crippen LogP contribution is -1.62. The van der Waals surface area contributed by atoms with Gasteiger partial charge in [0.25, 0.3) is 0 Å². The first-order chi connectivity index (χ1) is 3.43. The van der Waals surface area contributed by atoms with E-state index < -0.39 is 0 Å². The van der Waals surface area contributed by atoms with Crippen molar-refractivity contribution in [2.75, 3.05) is 0 Å². The van der Waals surface area contributed by atoms with Crippen molar-refractivity contribution in [2.24, 2.45) is 0 Å². The lowest BCUT2D eigenvalue weighted by molar-refractivity contribution is 0.604. The van der Waals surface area contributed by atoms with Gasteiger partial charge in [-0.1, -0.05) is 11.3 Å². The largest absolute Gasteiger partial charge is 0.539 e. The number of hydrogen-bond acceptors (Lipinski definition) is 3. The molecule has 0 N–H and O–H groups in total. The van der Waals surface area contributed by atoms with E-state index in [1.165, 1.54) is 11.3 Å². The SMILES string of the molecule is O=[S+]c1nccs1. The van der Waals surface area contributed by atoms with E-state index in [2.05, 4.69) is 4.98 Å². The molecule has 0 aliphatic carbocycles. The van der Waals surface area contributed by atoms with Gasteiger partial charge in [-0.05, 0) is 0 Å². The number of nitrogens with zero attached hydrogens (tertiary/aromatic N) is 1. The molecule has 0 saturated heterocycles. The van der Waals surface area contributed by atoms with E-state index in [0.717, 1.165) is 0 Å². The average molecular weight is 132 g/mol. The maximum atomic E-state index is 9.86. The highest BCUT2D eigenvalue weighted by Crippen LogP contribution is 2.01. The molecule has 7 heavy (non-hydrogen) atoms. The molecule has 0 saturated carbocycles. The topological polar surface area (TPSA) is 30.0 Å². The summed E-state index contributed by atoms with van der Waals surface area (Å²) in [7, 11) is 0. The molecular weight excluding hydrogens is 130 g/mol. The zero-order valence-electron chi connectivity index (χ0n) is 3.33. The van der Waals surface area contributed by atoms with Gasteiger partial charge in [-0.2, -0.15) is 4.98 Å². The molecule has 0 aliphatic heterocycles. The van der Waals surface area contributed by atoms with Crippen molar-refractivity contribution >= 4 is 23.0 Å². The smallest absolute Gasteiger partial charge is 0.187 e. The Labute approximate surface area is 48.7 Å². The summed E-state index contributed by atoms with van der Waals surface area (Å²) in [6.07, 6.45) is 1.62. The van der Waals surface area contributed by atoms with Crippen LogP contribution in [-0.4, -0.2) is 4.98 Å². The molecule has 0 radical (unpaired) electrons. The van der Waals surface area contributed by atoms with E-state index in [1.807, 2.05) is 0 Å². The molecule has 0 amide bonds. The molecule has 2 nitrogen and oxygen atoms in total. The van der Waals surface area contributed by atoms with E-state index in [4.69, 9.17) is 0 Å². The standard InChI is InChI=1S/C3H2NOS2/c5-7-3-4-1-2-6-3/h1-2H/q+1. The fourth-order valence-electron chi connectivity index (χ4n) is 0.252. The van der Waals surface area contributed by atoms with Gasteiger partial charge >= 0.3 is 16.0 Å². The molecule has 0 unspecified atom stereocenters. The number of thiazole rings is 1. The van der Waals surface area contributed by atoms with Crippen molar-refractivity contribution in [1.29, 1.82) is 0 Å². The zero-order chi connectivity index (χ0) is 5.11. The molecule has 0 spiro atoms. The van der Waals surface area contributed by atoms with Crippen molar-refractivity contribution in [3.8, 4) is 0 Å². The normalized spacial score (nSPS) is 8.57. The molecule has 1 rings (SSSR count). The number of rotatable bonds is 1. The van der Waals surface area contributed by atoms with E-state index in [9.17, 15) is 4.21 Å². The van der Waals surface area contributed by atoms with Crippen molar-refractivity contribution in [3.63, 3.8) is 0 Å². The minimum atomic E-state index is 0.433. The molecule has 1 heterocycles. The van der Waals surface area contributed by atoms with Crippen LogP contribution in [0.3, 0.4) is 0 Å². The Bertz CT molecular complexity index is 148. The number of hydrogen-bond donors (Lipinski definition) is 0. The maximum Gasteiger partial charge on any atom is 0.539 e. The van der Waals surface area contributed by atoms with Gasteiger partial charge < -0.3 is 0 Å². The molecule has 0 aliphatic rings. The third-order valence-electron chi connectivity index (χ3n) is 0.481. The second kappa shape index (κ2) is 2.09. The molecule has 0 atom stereocenters. The van der Waals surface area contributed by atoms with Gasteiger partial charge in [-0.15, -0.1) is 0 Å². The van der Waals surface area contributed by atoms with Crippen molar-refractivity contribution < 1.29 is 4.21 Å². The minimum absolute atomic E-state index is 0.433. The summed E-state index contributed by atoms with van der Waals surface area (Å²) in [6, 6.07) is 0. The van der Waals surface area contributed by atoms with Gasteiger partial charge in [0.05, 0.1) is 0 Å². The molecule has 4 heteroatoms. The van der Waals surface area contributed by atoms with E-state index in [0.29, 0.717) is 16.0 Å². The molecule has 0 aromatic carbocycles.